The molecule has 1 atom stereocenters. The van der Waals surface area contributed by atoms with E-state index < -0.39 is 11.3 Å². The monoisotopic (exact) mass is 419 g/mol. The van der Waals surface area contributed by atoms with Crippen LogP contribution in [-0.4, -0.2) is 52.0 Å². The molecule has 1 aliphatic heterocycles. The minimum Gasteiger partial charge on any atom is -0.493 e. The minimum atomic E-state index is -2.05. The largest absolute Gasteiger partial charge is 0.493 e. The third-order valence-electron chi connectivity index (χ3n) is 5.86. The average Bonchev–Trinajstić information content (AvgIpc) is 3.39. The molecule has 1 saturated heterocycles. The topological polar surface area (TPSA) is 83.9 Å². The molecule has 1 aromatic carbocycles. The number of aryl methyl sites for hydroxylation is 1. The lowest BCUT2D eigenvalue weighted by atomic mass is 10.0. The maximum atomic E-state index is 11.2. The van der Waals surface area contributed by atoms with Crippen molar-refractivity contribution in [1.29, 1.82) is 0 Å². The molecule has 4 rings (SSSR count). The molecule has 7 nitrogen and oxygen atoms in total. The van der Waals surface area contributed by atoms with Gasteiger partial charge in [-0.25, -0.2) is 8.93 Å². The van der Waals surface area contributed by atoms with Crippen molar-refractivity contribution in [2.45, 2.75) is 45.1 Å². The number of rotatable bonds is 9. The Hall–Kier alpha value is -1.74. The van der Waals surface area contributed by atoms with Crippen molar-refractivity contribution in [3.63, 3.8) is 0 Å². The molecule has 0 saturated carbocycles. The molecular weight excluding hydrogens is 390 g/mol. The molecule has 158 valence electrons. The van der Waals surface area contributed by atoms with Crippen molar-refractivity contribution in [3.05, 3.63) is 29.0 Å². The second kappa shape index (κ2) is 9.38. The van der Waals surface area contributed by atoms with Gasteiger partial charge in [-0.05, 0) is 68.8 Å². The van der Waals surface area contributed by atoms with E-state index in [1.165, 1.54) is 31.5 Å². The number of pyridine rings is 1. The van der Waals surface area contributed by atoms with Gasteiger partial charge in [-0.1, -0.05) is 0 Å². The van der Waals surface area contributed by atoms with E-state index in [1.54, 1.807) is 7.11 Å². The van der Waals surface area contributed by atoms with Gasteiger partial charge in [0.15, 0.2) is 11.5 Å². The van der Waals surface area contributed by atoms with Gasteiger partial charge in [0.25, 0.3) is 0 Å². The lowest BCUT2D eigenvalue weighted by Crippen LogP contribution is -2.22. The van der Waals surface area contributed by atoms with Gasteiger partial charge in [0.2, 0.25) is 11.3 Å². The van der Waals surface area contributed by atoms with Gasteiger partial charge in [0.05, 0.1) is 19.2 Å². The number of fused-ring (bicyclic) bond motifs is 2. The van der Waals surface area contributed by atoms with Crippen LogP contribution in [0.15, 0.2) is 12.1 Å². The fourth-order valence-corrected chi connectivity index (χ4v) is 4.72. The Bertz CT molecular complexity index is 899. The van der Waals surface area contributed by atoms with Crippen molar-refractivity contribution in [3.8, 4) is 11.5 Å². The second-order valence-electron chi connectivity index (χ2n) is 7.71. The zero-order valence-corrected chi connectivity index (χ0v) is 17.7. The Morgan fingerprint density at radius 3 is 2.79 bits per heavy atom. The predicted octanol–water partition coefficient (Wildman–Crippen LogP) is 2.82. The van der Waals surface area contributed by atoms with E-state index in [-0.39, 0.29) is 0 Å². The van der Waals surface area contributed by atoms with Gasteiger partial charge in [0, 0.05) is 30.2 Å². The molecule has 1 unspecified atom stereocenters. The quantitative estimate of drug-likeness (QED) is 0.480. The molecule has 2 aliphatic rings. The van der Waals surface area contributed by atoms with E-state index in [2.05, 4.69) is 9.62 Å². The maximum absolute atomic E-state index is 11.2. The molecule has 2 N–H and O–H groups in total. The van der Waals surface area contributed by atoms with Gasteiger partial charge >= 0.3 is 0 Å². The number of nitrogens with zero attached hydrogens (tertiary/aromatic N) is 2. The molecule has 0 radical (unpaired) electrons. The zero-order valence-electron chi connectivity index (χ0n) is 16.9. The normalized spacial score (nSPS) is 17.6. The van der Waals surface area contributed by atoms with E-state index in [4.69, 9.17) is 14.5 Å². The van der Waals surface area contributed by atoms with Gasteiger partial charge in [-0.15, -0.1) is 0 Å². The molecule has 0 bridgehead atoms. The predicted molar refractivity (Wildman–Crippen MR) is 114 cm³/mol. The summed E-state index contributed by atoms with van der Waals surface area (Å²) >= 11 is -2.05. The SMILES string of the molecule is COc1cc2c(CNS(=O)O)c3c(nc2cc1OCCCN1CCCC1)CCC3. The first-order valence-electron chi connectivity index (χ1n) is 10.4. The fourth-order valence-electron chi connectivity index (χ4n) is 4.45. The highest BCUT2D eigenvalue weighted by Crippen LogP contribution is 2.37. The van der Waals surface area contributed by atoms with Crippen LogP contribution >= 0.6 is 0 Å². The van der Waals surface area contributed by atoms with Crippen molar-refractivity contribution >= 4 is 22.2 Å². The van der Waals surface area contributed by atoms with E-state index >= 15 is 0 Å². The van der Waals surface area contributed by atoms with Gasteiger partial charge < -0.3 is 14.4 Å². The fraction of sp³-hybridized carbons (Fsp3) is 0.571. The van der Waals surface area contributed by atoms with Crippen molar-refractivity contribution in [2.75, 3.05) is 33.4 Å². The van der Waals surface area contributed by atoms with Gasteiger partial charge in [-0.2, -0.15) is 0 Å². The second-order valence-corrected chi connectivity index (χ2v) is 8.50. The number of methoxy groups -OCH3 is 1. The summed E-state index contributed by atoms with van der Waals surface area (Å²) < 4.78 is 34.6. The summed E-state index contributed by atoms with van der Waals surface area (Å²) in [6, 6.07) is 3.90. The molecule has 2 aromatic rings. The summed E-state index contributed by atoms with van der Waals surface area (Å²) in [7, 11) is 1.64. The molecular formula is C21H29N3O4S. The van der Waals surface area contributed by atoms with Crippen LogP contribution in [0.5, 0.6) is 11.5 Å². The number of benzene rings is 1. The molecule has 1 aromatic heterocycles. The lowest BCUT2D eigenvalue weighted by Gasteiger charge is -2.17. The molecule has 1 fully saturated rings. The molecule has 0 spiro atoms. The van der Waals surface area contributed by atoms with E-state index in [0.29, 0.717) is 24.7 Å². The highest BCUT2D eigenvalue weighted by Gasteiger charge is 2.21. The Morgan fingerprint density at radius 1 is 1.21 bits per heavy atom. The third kappa shape index (κ3) is 4.71. The molecule has 2 heterocycles. The van der Waals surface area contributed by atoms with Crippen LogP contribution in [0, 0.1) is 0 Å². The van der Waals surface area contributed by atoms with Gasteiger partial charge in [-0.3, -0.25) is 9.54 Å². The summed E-state index contributed by atoms with van der Waals surface area (Å²) in [5.74, 6) is 1.38. The number of nitrogens with one attached hydrogen (secondary N) is 1. The molecule has 8 heteroatoms. The van der Waals surface area contributed by atoms with E-state index in [9.17, 15) is 8.76 Å². The molecule has 1 aliphatic carbocycles. The number of likely N-dealkylation sites (tertiary alicyclic amines) is 1. The smallest absolute Gasteiger partial charge is 0.232 e. The van der Waals surface area contributed by atoms with Crippen LogP contribution in [0.4, 0.5) is 0 Å². The van der Waals surface area contributed by atoms with Gasteiger partial charge in [0.1, 0.15) is 0 Å². The van der Waals surface area contributed by atoms with Crippen LogP contribution in [0.25, 0.3) is 10.9 Å². The summed E-state index contributed by atoms with van der Waals surface area (Å²) in [5, 5.41) is 0.949. The summed E-state index contributed by atoms with van der Waals surface area (Å²) in [6.45, 7) is 4.42. The van der Waals surface area contributed by atoms with Crippen molar-refractivity contribution in [2.24, 2.45) is 0 Å². The zero-order chi connectivity index (χ0) is 20.2. The minimum absolute atomic E-state index is 0.323. The lowest BCUT2D eigenvalue weighted by molar-refractivity contribution is 0.254. The van der Waals surface area contributed by atoms with Crippen LogP contribution in [-0.2, 0) is 30.7 Å². The van der Waals surface area contributed by atoms with E-state index in [1.807, 2.05) is 12.1 Å². The Labute approximate surface area is 174 Å². The first kappa shape index (κ1) is 20.5. The van der Waals surface area contributed by atoms with Crippen molar-refractivity contribution < 1.29 is 18.2 Å². The first-order valence-corrected chi connectivity index (χ1v) is 11.5. The van der Waals surface area contributed by atoms with Crippen LogP contribution < -0.4 is 14.2 Å². The highest BCUT2D eigenvalue weighted by molar-refractivity contribution is 7.77. The third-order valence-corrected chi connectivity index (χ3v) is 6.25. The Balaban J connectivity index is 1.57. The number of aromatic nitrogens is 1. The summed E-state index contributed by atoms with van der Waals surface area (Å²) in [5.41, 5.74) is 4.16. The molecule has 29 heavy (non-hydrogen) atoms. The van der Waals surface area contributed by atoms with Crippen molar-refractivity contribution in [1.82, 2.24) is 14.6 Å². The first-order chi connectivity index (χ1) is 14.2. The average molecular weight is 420 g/mol. The Morgan fingerprint density at radius 2 is 2.03 bits per heavy atom. The number of hydrogen-bond acceptors (Lipinski definition) is 5. The number of hydrogen-bond donors (Lipinski definition) is 2. The standard InChI is InChI=1S/C21H29N3O4S/c1-27-20-12-16-17(14-22-29(25)26)15-6-4-7-18(15)23-19(16)13-21(20)28-11-5-10-24-8-2-3-9-24/h12-13,22H,2-11,14H2,1H3,(H,25,26). The summed E-state index contributed by atoms with van der Waals surface area (Å²) in [4.78, 5) is 7.34. The van der Waals surface area contributed by atoms with Crippen LogP contribution in [0.2, 0.25) is 0 Å². The summed E-state index contributed by atoms with van der Waals surface area (Å²) in [6.07, 6.45) is 6.54. The Kier molecular flexibility index (Phi) is 6.64. The maximum Gasteiger partial charge on any atom is 0.232 e. The van der Waals surface area contributed by atoms with Crippen LogP contribution in [0.3, 0.4) is 0 Å². The van der Waals surface area contributed by atoms with E-state index in [0.717, 1.165) is 54.4 Å². The number of ether oxygens (including phenoxy) is 2. The highest BCUT2D eigenvalue weighted by atomic mass is 32.2. The van der Waals surface area contributed by atoms with Crippen LogP contribution in [0.1, 0.15) is 42.5 Å². The molecule has 0 amide bonds.